The number of carbonyl (C=O) groups excluding carboxylic acids is 1. The fourth-order valence-electron chi connectivity index (χ4n) is 4.75. The molecule has 4 aliphatic rings. The lowest BCUT2D eigenvalue weighted by atomic mass is 9.69. The van der Waals surface area contributed by atoms with Crippen LogP contribution in [-0.2, 0) is 9.53 Å². The van der Waals surface area contributed by atoms with Crippen LogP contribution in [0.4, 0.5) is 0 Å². The predicted molar refractivity (Wildman–Crippen MR) is 63.0 cm³/mol. The SMILES string of the molecule is COC(=O)C1CC2CC1C1C3C=CC(S3)C21. The van der Waals surface area contributed by atoms with Crippen molar-refractivity contribution in [3.8, 4) is 0 Å². The zero-order valence-electron chi connectivity index (χ0n) is 9.34. The Hall–Kier alpha value is -0.440. The van der Waals surface area contributed by atoms with Gasteiger partial charge >= 0.3 is 5.97 Å². The summed E-state index contributed by atoms with van der Waals surface area (Å²) in [6.07, 6.45) is 7.16. The molecule has 3 heteroatoms. The number of thioether (sulfide) groups is 1. The first kappa shape index (κ1) is 9.58. The van der Waals surface area contributed by atoms with Gasteiger partial charge in [0.1, 0.15) is 0 Å². The molecule has 0 aromatic rings. The predicted octanol–water partition coefficient (Wildman–Crippen LogP) is 2.10. The molecule has 0 radical (unpaired) electrons. The fourth-order valence-corrected chi connectivity index (χ4v) is 6.63. The van der Waals surface area contributed by atoms with E-state index in [4.69, 9.17) is 4.74 Å². The number of methoxy groups -OCH3 is 1. The minimum absolute atomic E-state index is 0.0442. The maximum absolute atomic E-state index is 11.8. The van der Waals surface area contributed by atoms with Crippen molar-refractivity contribution in [2.24, 2.45) is 29.6 Å². The van der Waals surface area contributed by atoms with E-state index >= 15 is 0 Å². The van der Waals surface area contributed by atoms with Crippen LogP contribution < -0.4 is 0 Å². The standard InChI is InChI=1S/C13H16O2S/c1-15-13(14)8-5-6-4-7(8)12-10-3-2-9(16-10)11(6)12/h2-3,6-12H,4-5H2,1H3. The highest BCUT2D eigenvalue weighted by atomic mass is 32.2. The Morgan fingerprint density at radius 2 is 2.00 bits per heavy atom. The number of esters is 1. The van der Waals surface area contributed by atoms with Gasteiger partial charge in [0.15, 0.2) is 0 Å². The smallest absolute Gasteiger partial charge is 0.308 e. The molecule has 0 N–H and O–H groups in total. The van der Waals surface area contributed by atoms with Crippen molar-refractivity contribution in [2.75, 3.05) is 7.11 Å². The van der Waals surface area contributed by atoms with E-state index in [1.54, 1.807) is 0 Å². The summed E-state index contributed by atoms with van der Waals surface area (Å²) >= 11 is 2.13. The summed E-state index contributed by atoms with van der Waals surface area (Å²) in [4.78, 5) is 11.8. The molecular weight excluding hydrogens is 220 g/mol. The largest absolute Gasteiger partial charge is 0.469 e. The Morgan fingerprint density at radius 3 is 2.75 bits per heavy atom. The highest BCUT2D eigenvalue weighted by Gasteiger charge is 2.62. The summed E-state index contributed by atoms with van der Waals surface area (Å²) in [5.74, 6) is 3.34. The monoisotopic (exact) mass is 236 g/mol. The summed E-state index contributed by atoms with van der Waals surface area (Å²) in [7, 11) is 1.53. The molecule has 0 aromatic heterocycles. The molecule has 16 heavy (non-hydrogen) atoms. The molecule has 2 aliphatic heterocycles. The average Bonchev–Trinajstić information content (AvgIpc) is 3.03. The minimum Gasteiger partial charge on any atom is -0.469 e. The van der Waals surface area contributed by atoms with Gasteiger partial charge in [-0.05, 0) is 36.5 Å². The van der Waals surface area contributed by atoms with Gasteiger partial charge in [-0.3, -0.25) is 4.79 Å². The van der Waals surface area contributed by atoms with Crippen molar-refractivity contribution in [1.29, 1.82) is 0 Å². The Labute approximate surface area is 99.8 Å². The molecule has 86 valence electrons. The first-order valence-corrected chi connectivity index (χ1v) is 7.15. The van der Waals surface area contributed by atoms with E-state index in [1.807, 2.05) is 0 Å². The van der Waals surface area contributed by atoms with Crippen LogP contribution in [0.5, 0.6) is 0 Å². The van der Waals surface area contributed by atoms with Crippen LogP contribution in [0.25, 0.3) is 0 Å². The third kappa shape index (κ3) is 0.987. The molecule has 2 nitrogen and oxygen atoms in total. The minimum atomic E-state index is 0.0442. The number of carbonyl (C=O) groups is 1. The van der Waals surface area contributed by atoms with Gasteiger partial charge in [-0.25, -0.2) is 0 Å². The molecule has 7 atom stereocenters. The van der Waals surface area contributed by atoms with E-state index in [0.717, 1.165) is 29.4 Å². The molecule has 0 aromatic carbocycles. The van der Waals surface area contributed by atoms with Crippen LogP contribution in [0.1, 0.15) is 12.8 Å². The molecule has 3 fully saturated rings. The van der Waals surface area contributed by atoms with E-state index < -0.39 is 0 Å². The van der Waals surface area contributed by atoms with Crippen molar-refractivity contribution < 1.29 is 9.53 Å². The Kier molecular flexibility index (Phi) is 1.83. The average molecular weight is 236 g/mol. The summed E-state index contributed by atoms with van der Waals surface area (Å²) < 4.78 is 4.95. The number of hydrogen-bond donors (Lipinski definition) is 0. The van der Waals surface area contributed by atoms with Crippen molar-refractivity contribution in [3.63, 3.8) is 0 Å². The molecule has 0 amide bonds. The molecule has 2 aliphatic carbocycles. The van der Waals surface area contributed by atoms with Gasteiger partial charge in [-0.2, -0.15) is 0 Å². The Morgan fingerprint density at radius 1 is 1.25 bits per heavy atom. The molecule has 4 rings (SSSR count). The lowest BCUT2D eigenvalue weighted by Crippen LogP contribution is -2.37. The van der Waals surface area contributed by atoms with Crippen LogP contribution >= 0.6 is 11.8 Å². The summed E-state index contributed by atoms with van der Waals surface area (Å²) in [6.45, 7) is 0. The van der Waals surface area contributed by atoms with E-state index in [2.05, 4.69) is 23.9 Å². The molecule has 2 saturated carbocycles. The molecule has 7 unspecified atom stereocenters. The zero-order valence-corrected chi connectivity index (χ0v) is 10.2. The molecule has 0 spiro atoms. The second kappa shape index (κ2) is 3.06. The third-order valence-electron chi connectivity index (χ3n) is 5.20. The number of ether oxygens (including phenoxy) is 1. The number of rotatable bonds is 1. The van der Waals surface area contributed by atoms with Crippen molar-refractivity contribution in [2.45, 2.75) is 23.3 Å². The summed E-state index contributed by atoms with van der Waals surface area (Å²) in [5, 5.41) is 1.47. The van der Waals surface area contributed by atoms with Crippen LogP contribution in [-0.4, -0.2) is 23.6 Å². The van der Waals surface area contributed by atoms with Crippen molar-refractivity contribution in [3.05, 3.63) is 12.2 Å². The lowest BCUT2D eigenvalue weighted by Gasteiger charge is -2.34. The Bertz CT molecular complexity index is 378. The number of hydrogen-bond acceptors (Lipinski definition) is 3. The first-order valence-electron chi connectivity index (χ1n) is 6.21. The zero-order chi connectivity index (χ0) is 10.9. The van der Waals surface area contributed by atoms with Crippen molar-refractivity contribution >= 4 is 17.7 Å². The van der Waals surface area contributed by atoms with Gasteiger partial charge in [0, 0.05) is 10.5 Å². The maximum atomic E-state index is 11.8. The van der Waals surface area contributed by atoms with Crippen molar-refractivity contribution in [1.82, 2.24) is 0 Å². The highest BCUT2D eigenvalue weighted by Crippen LogP contribution is 2.66. The van der Waals surface area contributed by atoms with Crippen LogP contribution in [0.3, 0.4) is 0 Å². The van der Waals surface area contributed by atoms with Gasteiger partial charge in [-0.15, -0.1) is 11.8 Å². The van der Waals surface area contributed by atoms with Gasteiger partial charge in [0.05, 0.1) is 13.0 Å². The van der Waals surface area contributed by atoms with Gasteiger partial charge in [0.25, 0.3) is 0 Å². The second-order valence-electron chi connectivity index (χ2n) is 5.63. The topological polar surface area (TPSA) is 26.3 Å². The van der Waals surface area contributed by atoms with Gasteiger partial charge in [-0.1, -0.05) is 12.2 Å². The van der Waals surface area contributed by atoms with Crippen LogP contribution in [0.2, 0.25) is 0 Å². The molecule has 1 saturated heterocycles. The summed E-state index contributed by atoms with van der Waals surface area (Å²) in [5.41, 5.74) is 0. The quantitative estimate of drug-likeness (QED) is 0.515. The lowest BCUT2D eigenvalue weighted by molar-refractivity contribution is -0.148. The van der Waals surface area contributed by atoms with E-state index in [1.165, 1.54) is 13.5 Å². The second-order valence-corrected chi connectivity index (χ2v) is 6.99. The van der Waals surface area contributed by atoms with Crippen LogP contribution in [0, 0.1) is 29.6 Å². The van der Waals surface area contributed by atoms with Gasteiger partial charge in [0.2, 0.25) is 0 Å². The highest BCUT2D eigenvalue weighted by molar-refractivity contribution is 8.01. The molecule has 4 bridgehead atoms. The fraction of sp³-hybridized carbons (Fsp3) is 0.769. The van der Waals surface area contributed by atoms with E-state index in [0.29, 0.717) is 11.2 Å². The van der Waals surface area contributed by atoms with E-state index in [9.17, 15) is 4.79 Å². The van der Waals surface area contributed by atoms with E-state index in [-0.39, 0.29) is 11.9 Å². The molecule has 2 heterocycles. The maximum Gasteiger partial charge on any atom is 0.308 e. The number of fused-ring (bicyclic) bond motifs is 9. The molecular formula is C13H16O2S. The summed E-state index contributed by atoms with van der Waals surface area (Å²) in [6, 6.07) is 0. The Balaban J connectivity index is 1.66. The van der Waals surface area contributed by atoms with Gasteiger partial charge < -0.3 is 4.74 Å². The first-order chi connectivity index (χ1) is 7.79. The third-order valence-corrected chi connectivity index (χ3v) is 6.77. The normalized spacial score (nSPS) is 55.7. The van der Waals surface area contributed by atoms with Crippen LogP contribution in [0.15, 0.2) is 12.2 Å².